The summed E-state index contributed by atoms with van der Waals surface area (Å²) in [5, 5.41) is 0. The van der Waals surface area contributed by atoms with E-state index >= 15 is 0 Å². The molecular formula is C14H15FN4OS. The molecule has 0 unspecified atom stereocenters. The summed E-state index contributed by atoms with van der Waals surface area (Å²) in [7, 11) is 0. The van der Waals surface area contributed by atoms with Crippen molar-refractivity contribution in [1.29, 1.82) is 0 Å². The Morgan fingerprint density at radius 1 is 1.38 bits per heavy atom. The molecule has 0 spiro atoms. The van der Waals surface area contributed by atoms with Crippen molar-refractivity contribution >= 4 is 17.6 Å². The first-order chi connectivity index (χ1) is 10.3. The zero-order valence-corrected chi connectivity index (χ0v) is 12.1. The molecule has 21 heavy (non-hydrogen) atoms. The molecule has 1 aromatic heterocycles. The first-order valence-corrected chi connectivity index (χ1v) is 7.56. The Bertz CT molecular complexity index is 636. The molecule has 7 heteroatoms. The molecule has 0 bridgehead atoms. The van der Waals surface area contributed by atoms with Crippen molar-refractivity contribution in [2.45, 2.75) is 23.7 Å². The lowest BCUT2D eigenvalue weighted by Crippen LogP contribution is -2.20. The van der Waals surface area contributed by atoms with E-state index in [1.165, 1.54) is 23.9 Å². The number of halogens is 1. The fraction of sp³-hybridized carbons (Fsp3) is 0.286. The minimum absolute atomic E-state index is 0.243. The Hall–Kier alpha value is -1.70. The zero-order chi connectivity index (χ0) is 14.7. The molecule has 2 aromatic rings. The number of hydrazine groups is 1. The van der Waals surface area contributed by atoms with Crippen LogP contribution in [0.15, 0.2) is 29.2 Å². The second-order valence-electron chi connectivity index (χ2n) is 4.61. The van der Waals surface area contributed by atoms with Gasteiger partial charge in [-0.25, -0.2) is 20.2 Å². The topological polar surface area (TPSA) is 73.1 Å². The maximum absolute atomic E-state index is 13.2. The molecule has 2 heterocycles. The third kappa shape index (κ3) is 3.31. The maximum Gasteiger partial charge on any atom is 0.149 e. The molecule has 3 rings (SSSR count). The molecular weight excluding hydrogens is 291 g/mol. The van der Waals surface area contributed by atoms with Gasteiger partial charge in [0, 0.05) is 16.9 Å². The highest BCUT2D eigenvalue weighted by Crippen LogP contribution is 2.26. The minimum atomic E-state index is -0.243. The standard InChI is InChI=1S/C14H15FN4OS/c15-9-2-1-3-10(6-9)21-8-13-17-12-4-5-20-7-11(12)14(18-13)19-16/h1-3,6H,4-5,7-8,16H2,(H,17,18,19). The Morgan fingerprint density at radius 3 is 3.10 bits per heavy atom. The number of rotatable bonds is 4. The molecule has 1 aromatic carbocycles. The minimum Gasteiger partial charge on any atom is -0.376 e. The molecule has 110 valence electrons. The maximum atomic E-state index is 13.2. The summed E-state index contributed by atoms with van der Waals surface area (Å²) in [5.74, 6) is 7.12. The Balaban J connectivity index is 1.79. The lowest BCUT2D eigenvalue weighted by Gasteiger charge is -2.19. The number of nitrogens with zero attached hydrogens (tertiary/aromatic N) is 2. The van der Waals surface area contributed by atoms with E-state index < -0.39 is 0 Å². The Labute approximate surface area is 126 Å². The van der Waals surface area contributed by atoms with Gasteiger partial charge in [0.25, 0.3) is 0 Å². The zero-order valence-electron chi connectivity index (χ0n) is 11.3. The summed E-state index contributed by atoms with van der Waals surface area (Å²) in [4.78, 5) is 9.81. The van der Waals surface area contributed by atoms with Gasteiger partial charge < -0.3 is 10.2 Å². The van der Waals surface area contributed by atoms with Gasteiger partial charge in [0.05, 0.1) is 24.7 Å². The SMILES string of the molecule is NNc1nc(CSc2cccc(F)c2)nc2c1COCC2. The molecule has 0 radical (unpaired) electrons. The Kier molecular flexibility index (Phi) is 4.33. The highest BCUT2D eigenvalue weighted by atomic mass is 32.2. The number of benzene rings is 1. The van der Waals surface area contributed by atoms with Gasteiger partial charge in [-0.1, -0.05) is 6.07 Å². The summed E-state index contributed by atoms with van der Waals surface area (Å²) in [6, 6.07) is 6.48. The molecule has 0 atom stereocenters. The molecule has 0 amide bonds. The van der Waals surface area contributed by atoms with Crippen molar-refractivity contribution in [1.82, 2.24) is 9.97 Å². The van der Waals surface area contributed by atoms with E-state index in [-0.39, 0.29) is 5.82 Å². The monoisotopic (exact) mass is 306 g/mol. The van der Waals surface area contributed by atoms with Crippen LogP contribution >= 0.6 is 11.8 Å². The van der Waals surface area contributed by atoms with Gasteiger partial charge in [-0.3, -0.25) is 0 Å². The lowest BCUT2D eigenvalue weighted by atomic mass is 10.1. The van der Waals surface area contributed by atoms with Crippen molar-refractivity contribution in [3.63, 3.8) is 0 Å². The second kappa shape index (κ2) is 6.38. The predicted octanol–water partition coefficient (Wildman–Crippen LogP) is 2.27. The fourth-order valence-electron chi connectivity index (χ4n) is 2.17. The van der Waals surface area contributed by atoms with Crippen LogP contribution in [-0.4, -0.2) is 16.6 Å². The number of nitrogen functional groups attached to an aromatic ring is 1. The van der Waals surface area contributed by atoms with Gasteiger partial charge in [-0.05, 0) is 18.2 Å². The van der Waals surface area contributed by atoms with Crippen molar-refractivity contribution < 1.29 is 9.13 Å². The van der Waals surface area contributed by atoms with Crippen LogP contribution in [0, 0.1) is 5.82 Å². The summed E-state index contributed by atoms with van der Waals surface area (Å²) < 4.78 is 18.6. The normalized spacial score (nSPS) is 13.8. The van der Waals surface area contributed by atoms with Crippen LogP contribution in [0.3, 0.4) is 0 Å². The fourth-order valence-corrected chi connectivity index (χ4v) is 2.97. The van der Waals surface area contributed by atoms with Gasteiger partial charge in [-0.15, -0.1) is 11.8 Å². The number of hydrogen-bond acceptors (Lipinski definition) is 6. The van der Waals surface area contributed by atoms with E-state index in [9.17, 15) is 4.39 Å². The van der Waals surface area contributed by atoms with Gasteiger partial charge >= 0.3 is 0 Å². The number of anilines is 1. The van der Waals surface area contributed by atoms with E-state index in [0.717, 1.165) is 22.6 Å². The van der Waals surface area contributed by atoms with Crippen molar-refractivity contribution in [3.05, 3.63) is 47.2 Å². The smallest absolute Gasteiger partial charge is 0.149 e. The number of nitrogens with one attached hydrogen (secondary N) is 1. The quantitative estimate of drug-likeness (QED) is 0.513. The molecule has 0 saturated heterocycles. The van der Waals surface area contributed by atoms with E-state index in [4.69, 9.17) is 10.6 Å². The van der Waals surface area contributed by atoms with E-state index in [1.54, 1.807) is 6.07 Å². The van der Waals surface area contributed by atoms with Gasteiger partial charge in [0.1, 0.15) is 17.5 Å². The van der Waals surface area contributed by atoms with Gasteiger partial charge in [0.2, 0.25) is 0 Å². The Morgan fingerprint density at radius 2 is 2.29 bits per heavy atom. The van der Waals surface area contributed by atoms with Crippen molar-refractivity contribution in [3.8, 4) is 0 Å². The van der Waals surface area contributed by atoms with Crippen LogP contribution in [0.1, 0.15) is 17.1 Å². The average molecular weight is 306 g/mol. The van der Waals surface area contributed by atoms with E-state index in [0.29, 0.717) is 30.6 Å². The van der Waals surface area contributed by atoms with Crippen molar-refractivity contribution in [2.24, 2.45) is 5.84 Å². The number of ether oxygens (including phenoxy) is 1. The number of aromatic nitrogens is 2. The highest BCUT2D eigenvalue weighted by molar-refractivity contribution is 7.98. The van der Waals surface area contributed by atoms with Crippen LogP contribution in [0.4, 0.5) is 10.2 Å². The first-order valence-electron chi connectivity index (χ1n) is 6.57. The number of hydrogen-bond donors (Lipinski definition) is 2. The second-order valence-corrected chi connectivity index (χ2v) is 5.66. The molecule has 1 aliphatic rings. The summed E-state index contributed by atoms with van der Waals surface area (Å²) in [5.41, 5.74) is 4.49. The van der Waals surface area contributed by atoms with Crippen LogP contribution in [0.5, 0.6) is 0 Å². The van der Waals surface area contributed by atoms with Crippen LogP contribution < -0.4 is 11.3 Å². The van der Waals surface area contributed by atoms with Gasteiger partial charge in [-0.2, -0.15) is 0 Å². The van der Waals surface area contributed by atoms with Crippen LogP contribution in [-0.2, 0) is 23.5 Å². The van der Waals surface area contributed by atoms with E-state index in [2.05, 4.69) is 15.4 Å². The van der Waals surface area contributed by atoms with Crippen LogP contribution in [0.25, 0.3) is 0 Å². The molecule has 1 aliphatic heterocycles. The number of fused-ring (bicyclic) bond motifs is 1. The van der Waals surface area contributed by atoms with Gasteiger partial charge in [0.15, 0.2) is 0 Å². The van der Waals surface area contributed by atoms with Crippen molar-refractivity contribution in [2.75, 3.05) is 12.0 Å². The van der Waals surface area contributed by atoms with E-state index in [1.807, 2.05) is 6.07 Å². The molecule has 5 nitrogen and oxygen atoms in total. The molecule has 3 N–H and O–H groups in total. The highest BCUT2D eigenvalue weighted by Gasteiger charge is 2.17. The number of nitrogens with two attached hydrogens (primary N) is 1. The predicted molar refractivity (Wildman–Crippen MR) is 79.2 cm³/mol. The summed E-state index contributed by atoms with van der Waals surface area (Å²) in [6.07, 6.45) is 0.754. The summed E-state index contributed by atoms with van der Waals surface area (Å²) in [6.45, 7) is 1.14. The third-order valence-corrected chi connectivity index (χ3v) is 4.16. The van der Waals surface area contributed by atoms with Crippen LogP contribution in [0.2, 0.25) is 0 Å². The average Bonchev–Trinajstić information content (AvgIpc) is 2.52. The largest absolute Gasteiger partial charge is 0.376 e. The molecule has 0 aliphatic carbocycles. The lowest BCUT2D eigenvalue weighted by molar-refractivity contribution is 0.109. The molecule has 0 fully saturated rings. The summed E-state index contributed by atoms with van der Waals surface area (Å²) >= 11 is 1.49. The third-order valence-electron chi connectivity index (χ3n) is 3.17. The first kappa shape index (κ1) is 14.2. The molecule has 0 saturated carbocycles. The number of thioether (sulfide) groups is 1.